The average molecular weight is 439 g/mol. The van der Waals surface area contributed by atoms with Gasteiger partial charge in [0.05, 0.1) is 6.61 Å². The Morgan fingerprint density at radius 1 is 1.00 bits per heavy atom. The van der Waals surface area contributed by atoms with Crippen molar-refractivity contribution in [2.75, 3.05) is 13.2 Å². The van der Waals surface area contributed by atoms with Crippen molar-refractivity contribution >= 4 is 11.8 Å². The van der Waals surface area contributed by atoms with Crippen molar-refractivity contribution in [1.29, 1.82) is 0 Å². The van der Waals surface area contributed by atoms with Crippen LogP contribution in [0.3, 0.4) is 0 Å². The number of rotatable bonds is 13. The Bertz CT molecular complexity index is 821. The number of carbonyl (C=O) groups is 2. The standard InChI is InChI=1S/C27H38N2O3/c1-5-22(4)28-27(31)25(6-2)29(19-18-23-11-8-7-9-12-23)26(30)13-10-20-32-24-16-14-21(3)15-17-24/h7-9,11-12,14-17,22,25H,5-6,10,13,18-20H2,1-4H3,(H,28,31)/t22-,25+/m1/s1. The summed E-state index contributed by atoms with van der Waals surface area (Å²) in [5.74, 6) is 0.738. The van der Waals surface area contributed by atoms with Gasteiger partial charge in [0.15, 0.2) is 0 Å². The maximum absolute atomic E-state index is 13.2. The van der Waals surface area contributed by atoms with Crippen LogP contribution in [-0.4, -0.2) is 41.9 Å². The molecule has 174 valence electrons. The lowest BCUT2D eigenvalue weighted by Gasteiger charge is -2.31. The number of hydrogen-bond acceptors (Lipinski definition) is 3. The molecule has 2 atom stereocenters. The lowest BCUT2D eigenvalue weighted by molar-refractivity contribution is -0.141. The van der Waals surface area contributed by atoms with Crippen LogP contribution in [0.15, 0.2) is 54.6 Å². The number of aryl methyl sites for hydroxylation is 1. The third kappa shape index (κ3) is 8.37. The highest BCUT2D eigenvalue weighted by Gasteiger charge is 2.28. The van der Waals surface area contributed by atoms with E-state index in [0.717, 1.165) is 24.2 Å². The molecule has 0 radical (unpaired) electrons. The zero-order valence-electron chi connectivity index (χ0n) is 20.0. The molecule has 2 rings (SSSR count). The predicted molar refractivity (Wildman–Crippen MR) is 130 cm³/mol. The first-order chi connectivity index (χ1) is 15.4. The molecule has 0 saturated heterocycles. The number of amides is 2. The molecule has 2 aromatic carbocycles. The van der Waals surface area contributed by atoms with E-state index < -0.39 is 6.04 Å². The summed E-state index contributed by atoms with van der Waals surface area (Å²) in [5.41, 5.74) is 2.34. The van der Waals surface area contributed by atoms with Crippen molar-refractivity contribution in [3.8, 4) is 5.75 Å². The maximum Gasteiger partial charge on any atom is 0.243 e. The summed E-state index contributed by atoms with van der Waals surface area (Å²) in [5, 5.41) is 3.05. The van der Waals surface area contributed by atoms with Gasteiger partial charge in [-0.1, -0.05) is 61.9 Å². The molecule has 0 aliphatic heterocycles. The molecule has 0 bridgehead atoms. The fourth-order valence-corrected chi connectivity index (χ4v) is 3.53. The quantitative estimate of drug-likeness (QED) is 0.452. The Hall–Kier alpha value is -2.82. The van der Waals surface area contributed by atoms with Gasteiger partial charge in [0.2, 0.25) is 11.8 Å². The molecular formula is C27H38N2O3. The van der Waals surface area contributed by atoms with Gasteiger partial charge in [-0.05, 0) is 57.2 Å². The van der Waals surface area contributed by atoms with Crippen molar-refractivity contribution in [3.63, 3.8) is 0 Å². The number of carbonyl (C=O) groups excluding carboxylic acids is 2. The Morgan fingerprint density at radius 2 is 1.69 bits per heavy atom. The SMILES string of the molecule is CC[C@@H](C)NC(=O)[C@H](CC)N(CCc1ccccc1)C(=O)CCCOc1ccc(C)cc1. The van der Waals surface area contributed by atoms with Crippen molar-refractivity contribution in [3.05, 3.63) is 65.7 Å². The van der Waals surface area contributed by atoms with Gasteiger partial charge in [0.1, 0.15) is 11.8 Å². The van der Waals surface area contributed by atoms with Crippen LogP contribution in [-0.2, 0) is 16.0 Å². The van der Waals surface area contributed by atoms with E-state index >= 15 is 0 Å². The largest absolute Gasteiger partial charge is 0.494 e. The van der Waals surface area contributed by atoms with Crippen LogP contribution in [0.2, 0.25) is 0 Å². The van der Waals surface area contributed by atoms with Gasteiger partial charge >= 0.3 is 0 Å². The minimum atomic E-state index is -0.460. The zero-order chi connectivity index (χ0) is 23.3. The van der Waals surface area contributed by atoms with Gasteiger partial charge in [-0.25, -0.2) is 0 Å². The minimum Gasteiger partial charge on any atom is -0.494 e. The average Bonchev–Trinajstić information content (AvgIpc) is 2.80. The second-order valence-corrected chi connectivity index (χ2v) is 8.33. The van der Waals surface area contributed by atoms with Crippen LogP contribution >= 0.6 is 0 Å². The molecule has 5 nitrogen and oxygen atoms in total. The summed E-state index contributed by atoms with van der Waals surface area (Å²) in [6.45, 7) is 9.02. The number of ether oxygens (including phenoxy) is 1. The first-order valence-corrected chi connectivity index (χ1v) is 11.8. The molecule has 0 fully saturated rings. The fraction of sp³-hybridized carbons (Fsp3) is 0.481. The summed E-state index contributed by atoms with van der Waals surface area (Å²) in [7, 11) is 0. The topological polar surface area (TPSA) is 58.6 Å². The van der Waals surface area contributed by atoms with Crippen molar-refractivity contribution < 1.29 is 14.3 Å². The fourth-order valence-electron chi connectivity index (χ4n) is 3.53. The van der Waals surface area contributed by atoms with Crippen LogP contribution in [0, 0.1) is 6.92 Å². The molecule has 2 aromatic rings. The van der Waals surface area contributed by atoms with E-state index in [-0.39, 0.29) is 17.9 Å². The molecule has 32 heavy (non-hydrogen) atoms. The van der Waals surface area contributed by atoms with E-state index in [0.29, 0.717) is 32.4 Å². The first-order valence-electron chi connectivity index (χ1n) is 11.8. The number of nitrogens with one attached hydrogen (secondary N) is 1. The summed E-state index contributed by atoms with van der Waals surface area (Å²) in [4.78, 5) is 27.8. The monoisotopic (exact) mass is 438 g/mol. The molecule has 1 N–H and O–H groups in total. The van der Waals surface area contributed by atoms with E-state index in [1.54, 1.807) is 4.90 Å². The second-order valence-electron chi connectivity index (χ2n) is 8.33. The first kappa shape index (κ1) is 25.4. The number of benzene rings is 2. The highest BCUT2D eigenvalue weighted by Crippen LogP contribution is 2.14. The summed E-state index contributed by atoms with van der Waals surface area (Å²) in [6.07, 6.45) is 3.13. The third-order valence-electron chi connectivity index (χ3n) is 5.70. The normalized spacial score (nSPS) is 12.6. The van der Waals surface area contributed by atoms with Crippen LogP contribution in [0.4, 0.5) is 0 Å². The minimum absolute atomic E-state index is 0.000381. The maximum atomic E-state index is 13.2. The Kier molecular flexibility index (Phi) is 10.8. The molecule has 0 aliphatic carbocycles. The van der Waals surface area contributed by atoms with Gasteiger partial charge in [-0.3, -0.25) is 9.59 Å². The van der Waals surface area contributed by atoms with Crippen molar-refractivity contribution in [2.24, 2.45) is 0 Å². The summed E-state index contributed by atoms with van der Waals surface area (Å²) < 4.78 is 5.77. The van der Waals surface area contributed by atoms with E-state index in [1.165, 1.54) is 5.56 Å². The smallest absolute Gasteiger partial charge is 0.243 e. The summed E-state index contributed by atoms with van der Waals surface area (Å²) >= 11 is 0. The molecule has 0 aliphatic rings. The van der Waals surface area contributed by atoms with E-state index in [2.05, 4.69) is 17.4 Å². The van der Waals surface area contributed by atoms with Crippen LogP contribution in [0.1, 0.15) is 57.6 Å². The second kappa shape index (κ2) is 13.6. The molecule has 0 spiro atoms. The molecule has 2 amide bonds. The molecular weight excluding hydrogens is 400 g/mol. The Labute approximate surface area is 193 Å². The van der Waals surface area contributed by atoms with Crippen LogP contribution in [0.25, 0.3) is 0 Å². The molecule has 0 unspecified atom stereocenters. The Balaban J connectivity index is 1.99. The zero-order valence-corrected chi connectivity index (χ0v) is 20.0. The number of hydrogen-bond donors (Lipinski definition) is 1. The molecule has 0 aromatic heterocycles. The Morgan fingerprint density at radius 3 is 2.31 bits per heavy atom. The lowest BCUT2D eigenvalue weighted by Crippen LogP contribution is -2.51. The van der Waals surface area contributed by atoms with Crippen LogP contribution < -0.4 is 10.1 Å². The highest BCUT2D eigenvalue weighted by atomic mass is 16.5. The van der Waals surface area contributed by atoms with E-state index in [4.69, 9.17) is 4.74 Å². The van der Waals surface area contributed by atoms with Gasteiger partial charge in [-0.15, -0.1) is 0 Å². The van der Waals surface area contributed by atoms with E-state index in [9.17, 15) is 9.59 Å². The van der Waals surface area contributed by atoms with Gasteiger partial charge < -0.3 is 15.0 Å². The van der Waals surface area contributed by atoms with E-state index in [1.807, 2.05) is 70.2 Å². The van der Waals surface area contributed by atoms with Crippen molar-refractivity contribution in [1.82, 2.24) is 10.2 Å². The molecule has 0 heterocycles. The van der Waals surface area contributed by atoms with Crippen LogP contribution in [0.5, 0.6) is 5.75 Å². The number of nitrogens with zero attached hydrogens (tertiary/aromatic N) is 1. The van der Waals surface area contributed by atoms with Gasteiger partial charge in [-0.2, -0.15) is 0 Å². The predicted octanol–water partition coefficient (Wildman–Crippen LogP) is 4.92. The van der Waals surface area contributed by atoms with Gasteiger partial charge in [0.25, 0.3) is 0 Å². The lowest BCUT2D eigenvalue weighted by atomic mass is 10.1. The van der Waals surface area contributed by atoms with Gasteiger partial charge in [0, 0.05) is 19.0 Å². The van der Waals surface area contributed by atoms with Crippen molar-refractivity contribution in [2.45, 2.75) is 71.9 Å². The molecule has 0 saturated carbocycles. The third-order valence-corrected chi connectivity index (χ3v) is 5.70. The summed E-state index contributed by atoms with van der Waals surface area (Å²) in [6, 6.07) is 17.6. The highest BCUT2D eigenvalue weighted by molar-refractivity contribution is 5.87. The molecule has 5 heteroatoms.